The summed E-state index contributed by atoms with van der Waals surface area (Å²) in [5.41, 5.74) is -0.0328. The summed E-state index contributed by atoms with van der Waals surface area (Å²) < 4.78 is 13.0. The first-order valence-corrected chi connectivity index (χ1v) is 6.07. The van der Waals surface area contributed by atoms with E-state index >= 15 is 0 Å². The molecule has 5 heteroatoms. The van der Waals surface area contributed by atoms with Gasteiger partial charge in [0.1, 0.15) is 11.6 Å². The number of phenols is 1. The van der Waals surface area contributed by atoms with Crippen LogP contribution in [0.15, 0.2) is 18.2 Å². The molecule has 1 amide bonds. The number of benzene rings is 1. The van der Waals surface area contributed by atoms with Crippen LogP contribution in [-0.2, 0) is 0 Å². The molecule has 0 unspecified atom stereocenters. The van der Waals surface area contributed by atoms with Crippen molar-refractivity contribution in [2.75, 3.05) is 26.2 Å². The van der Waals surface area contributed by atoms with Crippen molar-refractivity contribution in [2.45, 2.75) is 13.8 Å². The number of likely N-dealkylation sites (N-methyl/N-ethyl adjacent to an activating group) is 1. The second-order valence-corrected chi connectivity index (χ2v) is 3.94. The van der Waals surface area contributed by atoms with Gasteiger partial charge < -0.3 is 15.3 Å². The summed E-state index contributed by atoms with van der Waals surface area (Å²) >= 11 is 0. The fourth-order valence-electron chi connectivity index (χ4n) is 1.65. The smallest absolute Gasteiger partial charge is 0.255 e. The number of amides is 1. The van der Waals surface area contributed by atoms with Crippen LogP contribution in [0.4, 0.5) is 4.39 Å². The standard InChI is InChI=1S/C13H19FN2O2/c1-3-16(4-2)8-7-15-13(18)11-9-10(14)5-6-12(11)17/h5-6,9,17H,3-4,7-8H2,1-2H3,(H,15,18). The molecule has 1 aromatic carbocycles. The summed E-state index contributed by atoms with van der Waals surface area (Å²) in [4.78, 5) is 13.9. The molecule has 1 aromatic rings. The molecule has 0 heterocycles. The lowest BCUT2D eigenvalue weighted by molar-refractivity contribution is 0.0945. The Hall–Kier alpha value is -1.62. The SMILES string of the molecule is CCN(CC)CCNC(=O)c1cc(F)ccc1O. The van der Waals surface area contributed by atoms with Gasteiger partial charge in [0.25, 0.3) is 5.91 Å². The van der Waals surface area contributed by atoms with E-state index in [0.29, 0.717) is 6.54 Å². The Morgan fingerprint density at radius 1 is 1.39 bits per heavy atom. The maximum atomic E-state index is 13.0. The third kappa shape index (κ3) is 4.00. The van der Waals surface area contributed by atoms with Gasteiger partial charge in [-0.2, -0.15) is 0 Å². The van der Waals surface area contributed by atoms with Crippen LogP contribution < -0.4 is 5.32 Å². The van der Waals surface area contributed by atoms with Crippen LogP contribution in [0.2, 0.25) is 0 Å². The van der Waals surface area contributed by atoms with Crippen molar-refractivity contribution in [1.82, 2.24) is 10.2 Å². The van der Waals surface area contributed by atoms with E-state index in [9.17, 15) is 14.3 Å². The van der Waals surface area contributed by atoms with Crippen molar-refractivity contribution in [2.24, 2.45) is 0 Å². The lowest BCUT2D eigenvalue weighted by atomic mass is 10.2. The molecule has 0 aliphatic carbocycles. The number of hydrogen-bond donors (Lipinski definition) is 2. The summed E-state index contributed by atoms with van der Waals surface area (Å²) in [6.45, 7) is 7.12. The Kier molecular flexibility index (Phi) is 5.58. The zero-order chi connectivity index (χ0) is 13.5. The Balaban J connectivity index is 2.53. The molecule has 0 aromatic heterocycles. The van der Waals surface area contributed by atoms with Gasteiger partial charge in [-0.3, -0.25) is 4.79 Å². The Bertz CT molecular complexity index is 406. The molecule has 0 fully saturated rings. The lowest BCUT2D eigenvalue weighted by Crippen LogP contribution is -2.34. The molecule has 18 heavy (non-hydrogen) atoms. The van der Waals surface area contributed by atoms with Crippen molar-refractivity contribution in [3.63, 3.8) is 0 Å². The van der Waals surface area contributed by atoms with Crippen LogP contribution >= 0.6 is 0 Å². The first kappa shape index (κ1) is 14.4. The van der Waals surface area contributed by atoms with E-state index in [0.717, 1.165) is 31.8 Å². The summed E-state index contributed by atoms with van der Waals surface area (Å²) in [6.07, 6.45) is 0. The summed E-state index contributed by atoms with van der Waals surface area (Å²) in [5, 5.41) is 12.1. The topological polar surface area (TPSA) is 52.6 Å². The van der Waals surface area contributed by atoms with Gasteiger partial charge in [-0.05, 0) is 31.3 Å². The fourth-order valence-corrected chi connectivity index (χ4v) is 1.65. The van der Waals surface area contributed by atoms with Crippen LogP contribution in [0.5, 0.6) is 5.75 Å². The predicted molar refractivity (Wildman–Crippen MR) is 68.2 cm³/mol. The van der Waals surface area contributed by atoms with Gasteiger partial charge in [-0.25, -0.2) is 4.39 Å². The molecule has 0 spiro atoms. The van der Waals surface area contributed by atoms with Crippen LogP contribution in [0.25, 0.3) is 0 Å². The average molecular weight is 254 g/mol. The number of carbonyl (C=O) groups is 1. The molecule has 4 nitrogen and oxygen atoms in total. The lowest BCUT2D eigenvalue weighted by Gasteiger charge is -2.18. The summed E-state index contributed by atoms with van der Waals surface area (Å²) in [5.74, 6) is -1.21. The van der Waals surface area contributed by atoms with Crippen LogP contribution in [-0.4, -0.2) is 42.1 Å². The second-order valence-electron chi connectivity index (χ2n) is 3.94. The molecule has 100 valence electrons. The third-order valence-electron chi connectivity index (χ3n) is 2.81. The fraction of sp³-hybridized carbons (Fsp3) is 0.462. The van der Waals surface area contributed by atoms with Crippen LogP contribution in [0, 0.1) is 5.82 Å². The molecule has 0 bridgehead atoms. The normalized spacial score (nSPS) is 10.7. The molecule has 0 saturated heterocycles. The van der Waals surface area contributed by atoms with E-state index in [1.807, 2.05) is 13.8 Å². The minimum atomic E-state index is -0.540. The van der Waals surface area contributed by atoms with E-state index in [1.54, 1.807) is 0 Å². The molecule has 1 rings (SSSR count). The van der Waals surface area contributed by atoms with E-state index in [4.69, 9.17) is 0 Å². The minimum absolute atomic E-state index is 0.0328. The molecule has 0 aliphatic heterocycles. The number of phenolic OH excluding ortho intramolecular Hbond substituents is 1. The zero-order valence-corrected chi connectivity index (χ0v) is 10.7. The number of halogens is 1. The molecular weight excluding hydrogens is 235 g/mol. The molecule has 0 radical (unpaired) electrons. The summed E-state index contributed by atoms with van der Waals surface area (Å²) in [7, 11) is 0. The van der Waals surface area contributed by atoms with Gasteiger partial charge in [-0.15, -0.1) is 0 Å². The highest BCUT2D eigenvalue weighted by atomic mass is 19.1. The highest BCUT2D eigenvalue weighted by Crippen LogP contribution is 2.17. The van der Waals surface area contributed by atoms with Gasteiger partial charge in [-0.1, -0.05) is 13.8 Å². The number of rotatable bonds is 6. The number of carbonyl (C=O) groups excluding carboxylic acids is 1. The van der Waals surface area contributed by atoms with Crippen molar-refractivity contribution < 1.29 is 14.3 Å². The van der Waals surface area contributed by atoms with Crippen LogP contribution in [0.3, 0.4) is 0 Å². The van der Waals surface area contributed by atoms with E-state index in [2.05, 4.69) is 10.2 Å². The number of aromatic hydroxyl groups is 1. The summed E-state index contributed by atoms with van der Waals surface area (Å²) in [6, 6.07) is 3.32. The molecule has 0 saturated carbocycles. The van der Waals surface area contributed by atoms with Gasteiger partial charge in [0.15, 0.2) is 0 Å². The van der Waals surface area contributed by atoms with Crippen molar-refractivity contribution in [3.05, 3.63) is 29.6 Å². The maximum absolute atomic E-state index is 13.0. The monoisotopic (exact) mass is 254 g/mol. The van der Waals surface area contributed by atoms with E-state index in [1.165, 1.54) is 6.07 Å². The quantitative estimate of drug-likeness (QED) is 0.810. The number of hydrogen-bond acceptors (Lipinski definition) is 3. The number of nitrogens with one attached hydrogen (secondary N) is 1. The molecule has 2 N–H and O–H groups in total. The highest BCUT2D eigenvalue weighted by Gasteiger charge is 2.11. The Morgan fingerprint density at radius 2 is 2.06 bits per heavy atom. The van der Waals surface area contributed by atoms with Crippen molar-refractivity contribution in [1.29, 1.82) is 0 Å². The van der Waals surface area contributed by atoms with Gasteiger partial charge in [0.05, 0.1) is 5.56 Å². The molecule has 0 atom stereocenters. The van der Waals surface area contributed by atoms with E-state index in [-0.39, 0.29) is 11.3 Å². The molecular formula is C13H19FN2O2. The Morgan fingerprint density at radius 3 is 2.67 bits per heavy atom. The largest absolute Gasteiger partial charge is 0.507 e. The zero-order valence-electron chi connectivity index (χ0n) is 10.7. The van der Waals surface area contributed by atoms with Gasteiger partial charge in [0, 0.05) is 13.1 Å². The first-order chi connectivity index (χ1) is 8.58. The second kappa shape index (κ2) is 6.96. The maximum Gasteiger partial charge on any atom is 0.255 e. The Labute approximate surface area is 106 Å². The average Bonchev–Trinajstić information content (AvgIpc) is 2.37. The minimum Gasteiger partial charge on any atom is -0.507 e. The van der Waals surface area contributed by atoms with Crippen molar-refractivity contribution >= 4 is 5.91 Å². The van der Waals surface area contributed by atoms with Gasteiger partial charge in [0.2, 0.25) is 0 Å². The predicted octanol–water partition coefficient (Wildman–Crippen LogP) is 1.60. The number of nitrogens with zero attached hydrogens (tertiary/aromatic N) is 1. The third-order valence-corrected chi connectivity index (χ3v) is 2.81. The first-order valence-electron chi connectivity index (χ1n) is 6.07. The van der Waals surface area contributed by atoms with E-state index < -0.39 is 11.7 Å². The highest BCUT2D eigenvalue weighted by molar-refractivity contribution is 5.96. The van der Waals surface area contributed by atoms with Crippen molar-refractivity contribution in [3.8, 4) is 5.75 Å². The van der Waals surface area contributed by atoms with Crippen LogP contribution in [0.1, 0.15) is 24.2 Å². The van der Waals surface area contributed by atoms with Gasteiger partial charge >= 0.3 is 0 Å². The molecule has 0 aliphatic rings.